The standard InChI is InChI=1S/C20H19ClN2O3S2/c21-15-5-3-13(4-6-15)16-12-28-19(23-16)7-8-22-18(24)10-14(11-20(25)26)17-2-1-9-27-17/h1-6,9,12,14H,7-8,10-11H2,(H,22,24)(H,25,26). The predicted molar refractivity (Wildman–Crippen MR) is 113 cm³/mol. The lowest BCUT2D eigenvalue weighted by molar-refractivity contribution is -0.137. The molecule has 0 bridgehead atoms. The number of hydrogen-bond acceptors (Lipinski definition) is 5. The third kappa shape index (κ3) is 5.89. The highest BCUT2D eigenvalue weighted by atomic mass is 35.5. The molecule has 3 rings (SSSR count). The van der Waals surface area contributed by atoms with Crippen molar-refractivity contribution in [3.05, 3.63) is 62.1 Å². The number of benzene rings is 1. The zero-order chi connectivity index (χ0) is 19.9. The molecule has 0 aliphatic carbocycles. The van der Waals surface area contributed by atoms with Gasteiger partial charge in [0.05, 0.1) is 17.1 Å². The number of aromatic nitrogens is 1. The minimum Gasteiger partial charge on any atom is -0.481 e. The Kier molecular flexibility index (Phi) is 7.19. The van der Waals surface area contributed by atoms with Gasteiger partial charge in [0, 0.05) is 46.1 Å². The molecule has 0 fully saturated rings. The van der Waals surface area contributed by atoms with Crippen molar-refractivity contribution in [3.8, 4) is 11.3 Å². The zero-order valence-electron chi connectivity index (χ0n) is 14.9. The SMILES string of the molecule is O=C(O)CC(CC(=O)NCCc1nc(-c2ccc(Cl)cc2)cs1)c1cccs1. The Morgan fingerprint density at radius 1 is 1.14 bits per heavy atom. The Balaban J connectivity index is 1.49. The Bertz CT molecular complexity index is 923. The number of aliphatic carboxylic acids is 1. The fourth-order valence-electron chi connectivity index (χ4n) is 2.79. The van der Waals surface area contributed by atoms with Crippen LogP contribution >= 0.6 is 34.3 Å². The first kappa shape index (κ1) is 20.5. The molecule has 146 valence electrons. The Morgan fingerprint density at radius 2 is 1.93 bits per heavy atom. The van der Waals surface area contributed by atoms with E-state index in [0.717, 1.165) is 21.1 Å². The lowest BCUT2D eigenvalue weighted by Gasteiger charge is -2.13. The number of rotatable bonds is 9. The summed E-state index contributed by atoms with van der Waals surface area (Å²) in [7, 11) is 0. The molecule has 1 unspecified atom stereocenters. The van der Waals surface area contributed by atoms with E-state index in [0.29, 0.717) is 18.0 Å². The molecule has 1 amide bonds. The van der Waals surface area contributed by atoms with Gasteiger partial charge < -0.3 is 10.4 Å². The van der Waals surface area contributed by atoms with Gasteiger partial charge in [-0.3, -0.25) is 9.59 Å². The second-order valence-corrected chi connectivity index (χ2v) is 8.61. The number of amides is 1. The highest BCUT2D eigenvalue weighted by Gasteiger charge is 2.20. The fraction of sp³-hybridized carbons (Fsp3) is 0.250. The number of thiophene rings is 1. The summed E-state index contributed by atoms with van der Waals surface area (Å²) in [6, 6.07) is 11.3. The molecule has 1 aromatic carbocycles. The molecule has 0 spiro atoms. The number of carboxylic acids is 1. The molecule has 8 heteroatoms. The Morgan fingerprint density at radius 3 is 2.61 bits per heavy atom. The van der Waals surface area contributed by atoms with Gasteiger partial charge in [0.1, 0.15) is 0 Å². The zero-order valence-corrected chi connectivity index (χ0v) is 17.3. The van der Waals surface area contributed by atoms with Gasteiger partial charge in [-0.25, -0.2) is 4.98 Å². The van der Waals surface area contributed by atoms with Crippen LogP contribution in [0.15, 0.2) is 47.2 Å². The molecular formula is C20H19ClN2O3S2. The molecule has 0 saturated carbocycles. The molecular weight excluding hydrogens is 416 g/mol. The van der Waals surface area contributed by atoms with Crippen LogP contribution in [-0.4, -0.2) is 28.5 Å². The molecule has 2 heterocycles. The van der Waals surface area contributed by atoms with Crippen LogP contribution in [0.5, 0.6) is 0 Å². The maximum atomic E-state index is 12.3. The number of carboxylic acid groups (broad SMARTS) is 1. The second kappa shape index (κ2) is 9.82. The first-order valence-corrected chi connectivity index (χ1v) is 10.9. The van der Waals surface area contributed by atoms with Crippen molar-refractivity contribution < 1.29 is 14.7 Å². The second-order valence-electron chi connectivity index (χ2n) is 6.25. The van der Waals surface area contributed by atoms with Crippen LogP contribution in [0.3, 0.4) is 0 Å². The van der Waals surface area contributed by atoms with Crippen molar-refractivity contribution in [1.29, 1.82) is 0 Å². The average molecular weight is 435 g/mol. The third-order valence-corrected chi connectivity index (χ3v) is 6.35. The first-order chi connectivity index (χ1) is 13.5. The minimum atomic E-state index is -0.899. The number of halogens is 1. The van der Waals surface area contributed by atoms with Crippen LogP contribution in [0, 0.1) is 0 Å². The molecule has 0 aliphatic heterocycles. The summed E-state index contributed by atoms with van der Waals surface area (Å²) in [6.07, 6.45) is 0.748. The molecule has 0 radical (unpaired) electrons. The van der Waals surface area contributed by atoms with Crippen molar-refractivity contribution in [1.82, 2.24) is 10.3 Å². The van der Waals surface area contributed by atoms with Crippen molar-refractivity contribution in [3.63, 3.8) is 0 Å². The van der Waals surface area contributed by atoms with Crippen LogP contribution in [0.2, 0.25) is 5.02 Å². The highest BCUT2D eigenvalue weighted by Crippen LogP contribution is 2.27. The molecule has 28 heavy (non-hydrogen) atoms. The number of hydrogen-bond donors (Lipinski definition) is 2. The number of nitrogens with zero attached hydrogens (tertiary/aromatic N) is 1. The van der Waals surface area contributed by atoms with Gasteiger partial charge in [-0.2, -0.15) is 0 Å². The maximum absolute atomic E-state index is 12.3. The van der Waals surface area contributed by atoms with Crippen LogP contribution in [-0.2, 0) is 16.0 Å². The Hall–Kier alpha value is -2.22. The van der Waals surface area contributed by atoms with E-state index in [-0.39, 0.29) is 24.7 Å². The number of carbonyl (C=O) groups is 2. The predicted octanol–water partition coefficient (Wildman–Crippen LogP) is 4.83. The first-order valence-electron chi connectivity index (χ1n) is 8.73. The summed E-state index contributed by atoms with van der Waals surface area (Å²) >= 11 is 8.94. The Labute approximate surface area is 176 Å². The fourth-order valence-corrected chi connectivity index (χ4v) is 4.56. The van der Waals surface area contributed by atoms with Gasteiger partial charge >= 0.3 is 5.97 Å². The van der Waals surface area contributed by atoms with Crippen molar-refractivity contribution in [2.75, 3.05) is 6.54 Å². The van der Waals surface area contributed by atoms with Crippen molar-refractivity contribution in [2.45, 2.75) is 25.2 Å². The van der Waals surface area contributed by atoms with E-state index in [1.165, 1.54) is 11.3 Å². The van der Waals surface area contributed by atoms with Gasteiger partial charge in [0.25, 0.3) is 0 Å². The molecule has 3 aromatic rings. The molecule has 0 aliphatic rings. The topological polar surface area (TPSA) is 79.3 Å². The number of carbonyl (C=O) groups excluding carboxylic acids is 1. The summed E-state index contributed by atoms with van der Waals surface area (Å²) in [5, 5.41) is 17.5. The molecule has 0 saturated heterocycles. The summed E-state index contributed by atoms with van der Waals surface area (Å²) in [4.78, 5) is 28.8. The lowest BCUT2D eigenvalue weighted by atomic mass is 9.99. The maximum Gasteiger partial charge on any atom is 0.304 e. The summed E-state index contributed by atoms with van der Waals surface area (Å²) in [5.41, 5.74) is 1.89. The normalized spacial score (nSPS) is 11.9. The van der Waals surface area contributed by atoms with Crippen molar-refractivity contribution in [2.24, 2.45) is 0 Å². The van der Waals surface area contributed by atoms with E-state index >= 15 is 0 Å². The van der Waals surface area contributed by atoms with Gasteiger partial charge in [0.15, 0.2) is 0 Å². The van der Waals surface area contributed by atoms with E-state index in [9.17, 15) is 9.59 Å². The molecule has 5 nitrogen and oxygen atoms in total. The third-order valence-electron chi connectivity index (χ3n) is 4.15. The molecule has 2 aromatic heterocycles. The number of nitrogens with one attached hydrogen (secondary N) is 1. The minimum absolute atomic E-state index is 0.0507. The van der Waals surface area contributed by atoms with Crippen LogP contribution in [0.1, 0.15) is 28.6 Å². The van der Waals surface area contributed by atoms with Gasteiger partial charge in [-0.1, -0.05) is 29.8 Å². The monoisotopic (exact) mass is 434 g/mol. The highest BCUT2D eigenvalue weighted by molar-refractivity contribution is 7.10. The molecule has 1 atom stereocenters. The molecule has 2 N–H and O–H groups in total. The van der Waals surface area contributed by atoms with E-state index in [1.54, 1.807) is 11.3 Å². The number of thiazole rings is 1. The summed E-state index contributed by atoms with van der Waals surface area (Å²) < 4.78 is 0. The van der Waals surface area contributed by atoms with Crippen LogP contribution in [0.4, 0.5) is 0 Å². The largest absolute Gasteiger partial charge is 0.481 e. The van der Waals surface area contributed by atoms with Gasteiger partial charge in [0.2, 0.25) is 5.91 Å². The van der Waals surface area contributed by atoms with Crippen LogP contribution < -0.4 is 5.32 Å². The average Bonchev–Trinajstić information content (AvgIpc) is 3.33. The quantitative estimate of drug-likeness (QED) is 0.505. The van der Waals surface area contributed by atoms with Gasteiger partial charge in [-0.05, 0) is 23.6 Å². The van der Waals surface area contributed by atoms with Crippen molar-refractivity contribution >= 4 is 46.2 Å². The summed E-state index contributed by atoms with van der Waals surface area (Å²) in [5.74, 6) is -1.34. The summed E-state index contributed by atoms with van der Waals surface area (Å²) in [6.45, 7) is 0.469. The smallest absolute Gasteiger partial charge is 0.304 e. The van der Waals surface area contributed by atoms with E-state index in [1.807, 2.05) is 47.2 Å². The van der Waals surface area contributed by atoms with Gasteiger partial charge in [-0.15, -0.1) is 22.7 Å². The lowest BCUT2D eigenvalue weighted by Crippen LogP contribution is -2.27. The van der Waals surface area contributed by atoms with E-state index in [4.69, 9.17) is 16.7 Å². The van der Waals surface area contributed by atoms with E-state index in [2.05, 4.69) is 10.3 Å². The van der Waals surface area contributed by atoms with Crippen LogP contribution in [0.25, 0.3) is 11.3 Å². The van der Waals surface area contributed by atoms with E-state index < -0.39 is 5.97 Å².